The summed E-state index contributed by atoms with van der Waals surface area (Å²) in [6, 6.07) is 12.7. The van der Waals surface area contributed by atoms with Gasteiger partial charge in [-0.3, -0.25) is 4.79 Å². The standard InChI is InChI=1S/C19H14Cl2O4/c1-18(10-19(18,20)21)17(23)24-9-12-8-15(22)25-14-7-6-11-4-2-3-5-13(11)16(12)14/h2-8H,9-10H2,1H3/t18-/m0/s1. The summed E-state index contributed by atoms with van der Waals surface area (Å²) in [5.41, 5.74) is -0.349. The van der Waals surface area contributed by atoms with Crippen LogP contribution in [0.2, 0.25) is 0 Å². The van der Waals surface area contributed by atoms with Crippen molar-refractivity contribution in [3.63, 3.8) is 0 Å². The second-order valence-corrected chi connectivity index (χ2v) is 8.02. The highest BCUT2D eigenvalue weighted by atomic mass is 35.5. The number of hydrogen-bond acceptors (Lipinski definition) is 4. The number of alkyl halides is 2. The predicted octanol–water partition coefficient (Wildman–Crippen LogP) is 4.57. The molecule has 0 N–H and O–H groups in total. The van der Waals surface area contributed by atoms with Crippen molar-refractivity contribution in [1.82, 2.24) is 0 Å². The lowest BCUT2D eigenvalue weighted by atomic mass is 10.0. The molecule has 6 heteroatoms. The van der Waals surface area contributed by atoms with E-state index in [1.807, 2.05) is 30.3 Å². The predicted molar refractivity (Wildman–Crippen MR) is 96.9 cm³/mol. The van der Waals surface area contributed by atoms with Crippen LogP contribution in [0.15, 0.2) is 51.7 Å². The normalized spacial score (nSPS) is 21.4. The zero-order valence-electron chi connectivity index (χ0n) is 13.3. The molecule has 1 heterocycles. The monoisotopic (exact) mass is 376 g/mol. The number of carbonyl (C=O) groups excluding carboxylic acids is 1. The van der Waals surface area contributed by atoms with E-state index in [9.17, 15) is 9.59 Å². The third-order valence-electron chi connectivity index (χ3n) is 4.78. The molecule has 25 heavy (non-hydrogen) atoms. The first-order valence-electron chi connectivity index (χ1n) is 7.81. The molecule has 0 unspecified atom stereocenters. The number of fused-ring (bicyclic) bond motifs is 3. The van der Waals surface area contributed by atoms with Crippen molar-refractivity contribution in [3.8, 4) is 0 Å². The number of ether oxygens (including phenoxy) is 1. The van der Waals surface area contributed by atoms with Gasteiger partial charge in [0.2, 0.25) is 0 Å². The van der Waals surface area contributed by atoms with E-state index in [2.05, 4.69) is 0 Å². The van der Waals surface area contributed by atoms with E-state index in [1.165, 1.54) is 6.07 Å². The topological polar surface area (TPSA) is 56.5 Å². The average molecular weight is 377 g/mol. The van der Waals surface area contributed by atoms with Crippen LogP contribution < -0.4 is 5.63 Å². The molecule has 1 aliphatic carbocycles. The van der Waals surface area contributed by atoms with Crippen LogP contribution >= 0.6 is 23.2 Å². The Labute approximate surface area is 153 Å². The molecule has 0 saturated heterocycles. The Morgan fingerprint density at radius 3 is 2.68 bits per heavy atom. The average Bonchev–Trinajstić information content (AvgIpc) is 3.11. The van der Waals surface area contributed by atoms with Gasteiger partial charge in [-0.2, -0.15) is 0 Å². The van der Waals surface area contributed by atoms with E-state index < -0.39 is 21.3 Å². The quantitative estimate of drug-likeness (QED) is 0.290. The second kappa shape index (κ2) is 5.48. The molecule has 0 bridgehead atoms. The summed E-state index contributed by atoms with van der Waals surface area (Å²) in [5.74, 6) is -0.473. The molecule has 1 fully saturated rings. The zero-order chi connectivity index (χ0) is 17.8. The highest BCUT2D eigenvalue weighted by molar-refractivity contribution is 6.53. The van der Waals surface area contributed by atoms with Crippen molar-refractivity contribution in [3.05, 3.63) is 58.4 Å². The fourth-order valence-electron chi connectivity index (χ4n) is 3.06. The lowest BCUT2D eigenvalue weighted by Crippen LogP contribution is -2.21. The minimum Gasteiger partial charge on any atom is -0.460 e. The van der Waals surface area contributed by atoms with Gasteiger partial charge in [-0.15, -0.1) is 23.2 Å². The zero-order valence-corrected chi connectivity index (χ0v) is 14.9. The van der Waals surface area contributed by atoms with Crippen LogP contribution in [0, 0.1) is 5.41 Å². The van der Waals surface area contributed by atoms with Gasteiger partial charge in [0.1, 0.15) is 21.9 Å². The van der Waals surface area contributed by atoms with E-state index in [0.717, 1.165) is 16.2 Å². The molecule has 1 saturated carbocycles. The number of benzene rings is 2. The van der Waals surface area contributed by atoms with Gasteiger partial charge in [-0.05, 0) is 23.8 Å². The smallest absolute Gasteiger partial charge is 0.336 e. The SMILES string of the molecule is C[C@@]1(C(=O)OCc2cc(=O)oc3ccc4ccccc4c23)CC1(Cl)Cl. The summed E-state index contributed by atoms with van der Waals surface area (Å²) in [7, 11) is 0. The van der Waals surface area contributed by atoms with E-state index >= 15 is 0 Å². The number of carbonyl (C=O) groups is 1. The Morgan fingerprint density at radius 2 is 1.96 bits per heavy atom. The first kappa shape index (κ1) is 16.4. The molecule has 0 spiro atoms. The Balaban J connectivity index is 1.75. The van der Waals surface area contributed by atoms with Gasteiger partial charge >= 0.3 is 11.6 Å². The van der Waals surface area contributed by atoms with Crippen LogP contribution in [0.25, 0.3) is 21.7 Å². The maximum atomic E-state index is 12.3. The van der Waals surface area contributed by atoms with Crippen molar-refractivity contribution in [2.45, 2.75) is 24.3 Å². The molecule has 4 nitrogen and oxygen atoms in total. The van der Waals surface area contributed by atoms with Gasteiger partial charge in [-0.25, -0.2) is 4.79 Å². The van der Waals surface area contributed by atoms with Crippen LogP contribution in [0.5, 0.6) is 0 Å². The number of esters is 1. The first-order chi connectivity index (χ1) is 11.8. The number of rotatable bonds is 3. The van der Waals surface area contributed by atoms with Gasteiger partial charge in [0, 0.05) is 23.4 Å². The Kier molecular flexibility index (Phi) is 3.60. The molecule has 1 aromatic heterocycles. The number of halogens is 2. The Bertz CT molecular complexity index is 1070. The van der Waals surface area contributed by atoms with Gasteiger partial charge in [0.25, 0.3) is 0 Å². The maximum Gasteiger partial charge on any atom is 0.336 e. The van der Waals surface area contributed by atoms with Crippen molar-refractivity contribution in [2.75, 3.05) is 0 Å². The van der Waals surface area contributed by atoms with Crippen LogP contribution in [0.1, 0.15) is 18.9 Å². The lowest BCUT2D eigenvalue weighted by Gasteiger charge is -2.13. The minimum absolute atomic E-state index is 0.0472. The van der Waals surface area contributed by atoms with E-state index in [-0.39, 0.29) is 6.61 Å². The molecular weight excluding hydrogens is 363 g/mol. The highest BCUT2D eigenvalue weighted by Gasteiger charge is 2.69. The summed E-state index contributed by atoms with van der Waals surface area (Å²) >= 11 is 12.0. The number of hydrogen-bond donors (Lipinski definition) is 0. The molecule has 2 aromatic carbocycles. The molecule has 0 amide bonds. The van der Waals surface area contributed by atoms with E-state index in [1.54, 1.807) is 13.0 Å². The van der Waals surface area contributed by atoms with E-state index in [0.29, 0.717) is 17.6 Å². The Morgan fingerprint density at radius 1 is 1.24 bits per heavy atom. The third kappa shape index (κ3) is 2.60. The van der Waals surface area contributed by atoms with Crippen molar-refractivity contribution in [1.29, 1.82) is 0 Å². The van der Waals surface area contributed by atoms with Gasteiger partial charge < -0.3 is 9.15 Å². The summed E-state index contributed by atoms with van der Waals surface area (Å²) < 4.78 is 9.62. The van der Waals surface area contributed by atoms with Crippen LogP contribution in [-0.4, -0.2) is 10.3 Å². The molecule has 0 aliphatic heterocycles. The summed E-state index contributed by atoms with van der Waals surface area (Å²) in [5, 5.41) is 2.69. The molecule has 0 radical (unpaired) electrons. The van der Waals surface area contributed by atoms with Crippen molar-refractivity contribution in [2.24, 2.45) is 5.41 Å². The van der Waals surface area contributed by atoms with Crippen LogP contribution in [0.3, 0.4) is 0 Å². The molecule has 1 atom stereocenters. The summed E-state index contributed by atoms with van der Waals surface area (Å²) in [6.07, 6.45) is 0.350. The van der Waals surface area contributed by atoms with Crippen molar-refractivity contribution < 1.29 is 13.9 Å². The Hall–Kier alpha value is -2.04. The van der Waals surface area contributed by atoms with Gasteiger partial charge in [-0.1, -0.05) is 30.3 Å². The highest BCUT2D eigenvalue weighted by Crippen LogP contribution is 2.64. The van der Waals surface area contributed by atoms with Crippen LogP contribution in [-0.2, 0) is 16.1 Å². The van der Waals surface area contributed by atoms with Gasteiger partial charge in [0.05, 0.1) is 0 Å². The first-order valence-corrected chi connectivity index (χ1v) is 8.57. The molecule has 128 valence electrons. The summed E-state index contributed by atoms with van der Waals surface area (Å²) in [6.45, 7) is 1.62. The lowest BCUT2D eigenvalue weighted by molar-refractivity contribution is -0.150. The molecular formula is C19H14Cl2O4. The fourth-order valence-corrected chi connectivity index (χ4v) is 3.75. The molecule has 3 aromatic rings. The fraction of sp³-hybridized carbons (Fsp3) is 0.263. The largest absolute Gasteiger partial charge is 0.460 e. The molecule has 4 rings (SSSR count). The molecule has 1 aliphatic rings. The summed E-state index contributed by atoms with van der Waals surface area (Å²) in [4.78, 5) is 24.2. The van der Waals surface area contributed by atoms with Crippen molar-refractivity contribution >= 4 is 50.9 Å². The van der Waals surface area contributed by atoms with Crippen LogP contribution in [0.4, 0.5) is 0 Å². The van der Waals surface area contributed by atoms with Gasteiger partial charge in [0.15, 0.2) is 0 Å². The third-order valence-corrected chi connectivity index (χ3v) is 5.88. The minimum atomic E-state index is -1.09. The van der Waals surface area contributed by atoms with E-state index in [4.69, 9.17) is 32.4 Å². The second-order valence-electron chi connectivity index (χ2n) is 6.54. The maximum absolute atomic E-state index is 12.3.